The van der Waals surface area contributed by atoms with Gasteiger partial charge in [-0.1, -0.05) is 30.3 Å². The highest BCUT2D eigenvalue weighted by atomic mass is 35.5. The number of rotatable bonds is 10. The first-order valence-corrected chi connectivity index (χ1v) is 12.1. The van der Waals surface area contributed by atoms with E-state index in [1.165, 1.54) is 16.2 Å². The summed E-state index contributed by atoms with van der Waals surface area (Å²) in [7, 11) is 0. The van der Waals surface area contributed by atoms with Crippen molar-refractivity contribution in [2.75, 3.05) is 24.8 Å². The molecule has 0 fully saturated rings. The van der Waals surface area contributed by atoms with Crippen LogP contribution in [0.1, 0.15) is 11.1 Å². The van der Waals surface area contributed by atoms with E-state index in [4.69, 9.17) is 23.2 Å². The molecule has 0 aliphatic rings. The lowest BCUT2D eigenvalue weighted by Crippen LogP contribution is -3.08. The van der Waals surface area contributed by atoms with Crippen LogP contribution in [0.5, 0.6) is 0 Å². The average molecular weight is 550 g/mol. The van der Waals surface area contributed by atoms with E-state index in [2.05, 4.69) is 81.4 Å². The number of aliphatic imine (C=N–C) groups is 1. The maximum Gasteiger partial charge on any atom is 0.242 e. The summed E-state index contributed by atoms with van der Waals surface area (Å²) in [5.41, 5.74) is 6.67. The lowest BCUT2D eigenvalue weighted by atomic mass is 10.1. The molecule has 8 heteroatoms. The molecule has 184 valence electrons. The van der Waals surface area contributed by atoms with Gasteiger partial charge in [0.15, 0.2) is 5.69 Å². The maximum atomic E-state index is 5.93. The lowest BCUT2D eigenvalue weighted by Gasteiger charge is -2.16. The highest BCUT2D eigenvalue weighted by Gasteiger charge is 2.11. The molecule has 0 saturated carbocycles. The van der Waals surface area contributed by atoms with E-state index in [0.717, 1.165) is 42.1 Å². The number of aromatic amines is 1. The van der Waals surface area contributed by atoms with Gasteiger partial charge >= 0.3 is 0 Å². The number of nitrogens with one attached hydrogen (secondary N) is 2. The van der Waals surface area contributed by atoms with Gasteiger partial charge in [0.2, 0.25) is 6.33 Å². The van der Waals surface area contributed by atoms with Gasteiger partial charge in [-0.05, 0) is 59.7 Å². The minimum Gasteiger partial charge on any atom is -1.00 e. The number of imidazole rings is 1. The third-order valence-corrected chi connectivity index (χ3v) is 5.92. The van der Waals surface area contributed by atoms with Crippen LogP contribution < -0.4 is 34.3 Å². The second-order valence-corrected chi connectivity index (χ2v) is 8.64. The Hall–Kier alpha value is -2.34. The maximum absolute atomic E-state index is 5.93. The Morgan fingerprint density at radius 1 is 0.829 bits per heavy atom. The van der Waals surface area contributed by atoms with E-state index in [-0.39, 0.29) is 24.8 Å². The van der Waals surface area contributed by atoms with Crippen LogP contribution in [-0.2, 0) is 6.54 Å². The molecule has 1 heterocycles. The van der Waals surface area contributed by atoms with Crippen molar-refractivity contribution in [2.45, 2.75) is 6.54 Å². The second-order valence-electron chi connectivity index (χ2n) is 7.88. The number of H-pyrrole nitrogens is 1. The standard InChI is InChI=1S/C27H26Cl2N4.2ClH/c28-14-16-33(17-15-29)26-12-6-22(7-13-26)18-30-25-10-8-24(9-11-25)27-20-32(21-31-27)19-23-4-2-1-3-5-23;;/h1-13,18,20-21H,14-17,19H2;2*1H. The fourth-order valence-electron chi connectivity index (χ4n) is 3.76. The Labute approximate surface area is 229 Å². The fraction of sp³-hybridized carbons (Fsp3) is 0.185. The number of hydrogen-bond acceptors (Lipinski definition) is 1. The molecule has 4 aromatic rings. The number of benzene rings is 3. The first kappa shape index (κ1) is 28.9. The molecule has 1 aromatic heterocycles. The third kappa shape index (κ3) is 8.38. The van der Waals surface area contributed by atoms with Gasteiger partial charge in [0, 0.05) is 11.8 Å². The van der Waals surface area contributed by atoms with Gasteiger partial charge in [0.25, 0.3) is 0 Å². The molecule has 0 radical (unpaired) electrons. The van der Waals surface area contributed by atoms with Crippen molar-refractivity contribution in [1.29, 1.82) is 0 Å². The zero-order valence-corrected chi connectivity index (χ0v) is 22.2. The summed E-state index contributed by atoms with van der Waals surface area (Å²) in [5, 5.41) is 0. The highest BCUT2D eigenvalue weighted by Crippen LogP contribution is 2.20. The minimum absolute atomic E-state index is 0. The molecule has 0 atom stereocenters. The summed E-state index contributed by atoms with van der Waals surface area (Å²) >= 11 is 11.9. The van der Waals surface area contributed by atoms with Crippen molar-refractivity contribution in [3.8, 4) is 11.3 Å². The van der Waals surface area contributed by atoms with Gasteiger partial charge in [0.05, 0.1) is 30.5 Å². The first-order valence-electron chi connectivity index (χ1n) is 11.1. The van der Waals surface area contributed by atoms with E-state index in [0.29, 0.717) is 11.8 Å². The molecule has 0 aliphatic carbocycles. The normalized spacial score (nSPS) is 10.8. The minimum atomic E-state index is 0. The van der Waals surface area contributed by atoms with Crippen molar-refractivity contribution in [3.05, 3.63) is 103 Å². The highest BCUT2D eigenvalue weighted by molar-refractivity contribution is 6.18. The van der Waals surface area contributed by atoms with E-state index in [1.54, 1.807) is 0 Å². The van der Waals surface area contributed by atoms with E-state index in [9.17, 15) is 0 Å². The van der Waals surface area contributed by atoms with Gasteiger partial charge in [0.1, 0.15) is 18.4 Å². The molecule has 35 heavy (non-hydrogen) atoms. The lowest BCUT2D eigenvalue weighted by molar-refractivity contribution is -0.827. The van der Waals surface area contributed by atoms with Crippen molar-refractivity contribution >= 4 is 40.8 Å². The van der Waals surface area contributed by atoms with Gasteiger partial charge < -0.3 is 29.7 Å². The van der Waals surface area contributed by atoms with E-state index >= 15 is 0 Å². The van der Waals surface area contributed by atoms with Crippen LogP contribution in [0, 0.1) is 0 Å². The Balaban J connectivity index is 0.00000216. The fourth-order valence-corrected chi connectivity index (χ4v) is 4.22. The van der Waals surface area contributed by atoms with Crippen molar-refractivity contribution in [1.82, 2.24) is 4.98 Å². The molecule has 2 N–H and O–H groups in total. The van der Waals surface area contributed by atoms with Crippen LogP contribution in [0.3, 0.4) is 0 Å². The number of quaternary nitrogens is 1. The molecular formula is C27H28Cl4N4. The summed E-state index contributed by atoms with van der Waals surface area (Å²) in [6, 6.07) is 27.1. The monoisotopic (exact) mass is 548 g/mol. The number of alkyl halides is 2. The molecule has 0 spiro atoms. The van der Waals surface area contributed by atoms with Crippen LogP contribution >= 0.6 is 23.2 Å². The third-order valence-electron chi connectivity index (χ3n) is 5.54. The molecule has 0 amide bonds. The van der Waals surface area contributed by atoms with Crippen molar-refractivity contribution in [3.63, 3.8) is 0 Å². The van der Waals surface area contributed by atoms with Gasteiger partial charge in [-0.15, -0.1) is 23.2 Å². The molecule has 0 bridgehead atoms. The molecule has 3 aromatic carbocycles. The largest absolute Gasteiger partial charge is 1.00 e. The van der Waals surface area contributed by atoms with Gasteiger partial charge in [-0.2, -0.15) is 0 Å². The quantitative estimate of drug-likeness (QED) is 0.141. The molecule has 0 unspecified atom stereocenters. The van der Waals surface area contributed by atoms with Crippen molar-refractivity contribution in [2.24, 2.45) is 4.99 Å². The zero-order chi connectivity index (χ0) is 22.9. The van der Waals surface area contributed by atoms with Gasteiger partial charge in [-0.3, -0.25) is 4.99 Å². The Kier molecular flexibility index (Phi) is 12.3. The summed E-state index contributed by atoms with van der Waals surface area (Å²) < 4.78 is 2.16. The predicted octanol–water partition coefficient (Wildman–Crippen LogP) is -1.23. The van der Waals surface area contributed by atoms with Gasteiger partial charge in [-0.25, -0.2) is 9.55 Å². The predicted molar refractivity (Wildman–Crippen MR) is 137 cm³/mol. The summed E-state index contributed by atoms with van der Waals surface area (Å²) in [4.78, 5) is 9.29. The number of hydrogen-bond donors (Lipinski definition) is 2. The molecular weight excluding hydrogens is 522 g/mol. The average Bonchev–Trinajstić information content (AvgIpc) is 3.32. The molecule has 4 nitrogen and oxygen atoms in total. The van der Waals surface area contributed by atoms with Crippen LogP contribution in [-0.4, -0.2) is 36.0 Å². The summed E-state index contributed by atoms with van der Waals surface area (Å²) in [5.74, 6) is 1.22. The number of halogens is 4. The van der Waals surface area contributed by atoms with E-state index in [1.807, 2.05) is 30.7 Å². The smallest absolute Gasteiger partial charge is 0.242 e. The molecule has 0 aliphatic heterocycles. The molecule has 0 saturated heterocycles. The SMILES string of the molecule is ClCC[NH+](CCCl)c1ccc(C=Nc2ccc(-c3c[n+](Cc4ccccc4)c[nH]3)cc2)cc1.[Cl-].[Cl-]. The Morgan fingerprint density at radius 3 is 2.11 bits per heavy atom. The topological polar surface area (TPSA) is 36.5 Å². The summed E-state index contributed by atoms with van der Waals surface area (Å²) in [6.45, 7) is 2.57. The van der Waals surface area contributed by atoms with E-state index < -0.39 is 0 Å². The Morgan fingerprint density at radius 2 is 1.49 bits per heavy atom. The second kappa shape index (κ2) is 14.9. The van der Waals surface area contributed by atoms with Crippen LogP contribution in [0.15, 0.2) is 96.4 Å². The zero-order valence-electron chi connectivity index (χ0n) is 19.2. The Bertz CT molecular complexity index is 1150. The first-order chi connectivity index (χ1) is 16.2. The van der Waals surface area contributed by atoms with Crippen molar-refractivity contribution < 1.29 is 34.3 Å². The van der Waals surface area contributed by atoms with Crippen LogP contribution in [0.25, 0.3) is 11.3 Å². The summed E-state index contributed by atoms with van der Waals surface area (Å²) in [6.07, 6.45) is 6.03. The number of aromatic nitrogens is 2. The molecule has 4 rings (SSSR count). The van der Waals surface area contributed by atoms with Crippen LogP contribution in [0.4, 0.5) is 11.4 Å². The van der Waals surface area contributed by atoms with Crippen LogP contribution in [0.2, 0.25) is 0 Å². The number of nitrogens with zero attached hydrogens (tertiary/aromatic N) is 2.